The van der Waals surface area contributed by atoms with Gasteiger partial charge in [0.25, 0.3) is 0 Å². The highest BCUT2D eigenvalue weighted by atomic mass is 16.2. The molecule has 3 atom stereocenters. The SMILES string of the molecule is N#CC1=C(N)C(C#N)(C#N)[C@]2(C(=O)Nc3ccccc32)[C@H]2CN(Cc3ccccc3)CC[C@H]12. The number of benzene rings is 2. The minimum atomic E-state index is -1.98. The topological polar surface area (TPSA) is 130 Å². The smallest absolute Gasteiger partial charge is 0.238 e. The molecule has 2 aliphatic heterocycles. The van der Waals surface area contributed by atoms with Gasteiger partial charge in [0.1, 0.15) is 5.41 Å². The van der Waals surface area contributed by atoms with Crippen molar-refractivity contribution in [2.75, 3.05) is 18.4 Å². The molecule has 3 N–H and O–H groups in total. The van der Waals surface area contributed by atoms with Crippen LogP contribution in [-0.4, -0.2) is 23.9 Å². The number of hydrogen-bond acceptors (Lipinski definition) is 6. The number of piperidine rings is 1. The molecule has 7 heteroatoms. The number of para-hydroxylation sites is 1. The summed E-state index contributed by atoms with van der Waals surface area (Å²) >= 11 is 0. The summed E-state index contributed by atoms with van der Waals surface area (Å²) in [5.74, 6) is -1.17. The molecule has 1 saturated heterocycles. The van der Waals surface area contributed by atoms with E-state index in [1.807, 2.05) is 30.3 Å². The number of hydrogen-bond donors (Lipinski definition) is 2. The van der Waals surface area contributed by atoms with Crippen LogP contribution in [0.3, 0.4) is 0 Å². The van der Waals surface area contributed by atoms with Crippen LogP contribution < -0.4 is 11.1 Å². The Morgan fingerprint density at radius 3 is 2.45 bits per heavy atom. The molecule has 2 aromatic rings. The lowest BCUT2D eigenvalue weighted by atomic mass is 9.46. The third kappa shape index (κ3) is 2.59. The maximum absolute atomic E-state index is 13.8. The minimum Gasteiger partial charge on any atom is -0.399 e. The Morgan fingerprint density at radius 1 is 1.06 bits per heavy atom. The van der Waals surface area contributed by atoms with E-state index in [0.717, 1.165) is 12.1 Å². The van der Waals surface area contributed by atoms with Crippen molar-refractivity contribution in [1.29, 1.82) is 15.8 Å². The zero-order valence-electron chi connectivity index (χ0n) is 18.0. The van der Waals surface area contributed by atoms with Crippen molar-refractivity contribution in [3.8, 4) is 18.2 Å². The van der Waals surface area contributed by atoms with E-state index in [-0.39, 0.29) is 17.2 Å². The average molecular weight is 435 g/mol. The van der Waals surface area contributed by atoms with Crippen molar-refractivity contribution < 1.29 is 4.79 Å². The molecule has 0 aromatic heterocycles. The minimum absolute atomic E-state index is 0.0837. The number of anilines is 1. The molecule has 1 aliphatic carbocycles. The monoisotopic (exact) mass is 434 g/mol. The molecule has 0 unspecified atom stereocenters. The van der Waals surface area contributed by atoms with Gasteiger partial charge in [-0.25, -0.2) is 0 Å². The molecule has 1 fully saturated rings. The van der Waals surface area contributed by atoms with Crippen LogP contribution in [0.2, 0.25) is 0 Å². The van der Waals surface area contributed by atoms with Crippen molar-refractivity contribution in [2.24, 2.45) is 23.0 Å². The molecule has 2 heterocycles. The number of likely N-dealkylation sites (tertiary alicyclic amines) is 1. The Kier molecular flexibility index (Phi) is 4.71. The zero-order valence-corrected chi connectivity index (χ0v) is 18.0. The molecule has 33 heavy (non-hydrogen) atoms. The molecule has 2 aromatic carbocycles. The van der Waals surface area contributed by atoms with Crippen LogP contribution in [0.25, 0.3) is 0 Å². The van der Waals surface area contributed by atoms with Gasteiger partial charge >= 0.3 is 0 Å². The second-order valence-corrected chi connectivity index (χ2v) is 8.94. The molecular weight excluding hydrogens is 412 g/mol. The molecule has 1 amide bonds. The van der Waals surface area contributed by atoms with Gasteiger partial charge in [0, 0.05) is 30.6 Å². The quantitative estimate of drug-likeness (QED) is 0.747. The fourth-order valence-electron chi connectivity index (χ4n) is 6.17. The lowest BCUT2D eigenvalue weighted by molar-refractivity contribution is -0.128. The summed E-state index contributed by atoms with van der Waals surface area (Å²) in [5, 5.41) is 33.7. The van der Waals surface area contributed by atoms with Crippen molar-refractivity contribution in [1.82, 2.24) is 4.90 Å². The van der Waals surface area contributed by atoms with E-state index in [1.165, 1.54) is 0 Å². The summed E-state index contributed by atoms with van der Waals surface area (Å²) in [5.41, 5.74) is 5.48. The second-order valence-electron chi connectivity index (χ2n) is 8.94. The highest BCUT2D eigenvalue weighted by molar-refractivity contribution is 6.09. The number of nitrogens with zero attached hydrogens (tertiary/aromatic N) is 4. The third-order valence-corrected chi connectivity index (χ3v) is 7.57. The first-order valence-electron chi connectivity index (χ1n) is 10.9. The van der Waals surface area contributed by atoms with Crippen molar-refractivity contribution in [3.05, 3.63) is 77.0 Å². The summed E-state index contributed by atoms with van der Waals surface area (Å²) in [6, 6.07) is 23.6. The van der Waals surface area contributed by atoms with Gasteiger partial charge < -0.3 is 11.1 Å². The van der Waals surface area contributed by atoms with Gasteiger partial charge in [0.15, 0.2) is 0 Å². The predicted molar refractivity (Wildman–Crippen MR) is 121 cm³/mol. The van der Waals surface area contributed by atoms with E-state index < -0.39 is 22.7 Å². The van der Waals surface area contributed by atoms with E-state index in [4.69, 9.17) is 5.73 Å². The molecular formula is C26H22N6O. The molecule has 162 valence electrons. The van der Waals surface area contributed by atoms with E-state index in [0.29, 0.717) is 30.8 Å². The Morgan fingerprint density at radius 2 is 1.76 bits per heavy atom. The fourth-order valence-corrected chi connectivity index (χ4v) is 6.17. The maximum Gasteiger partial charge on any atom is 0.238 e. The lowest BCUT2D eigenvalue weighted by Gasteiger charge is -2.54. The number of rotatable bonds is 2. The number of nitrogens with one attached hydrogen (secondary N) is 1. The standard InChI is InChI=1S/C26H22N6O/c27-12-19-18-10-11-32(13-17-6-2-1-3-7-17)14-21(18)26(25(15-28,16-29)23(19)30)20-8-4-5-9-22(20)31-24(26)33/h1-9,18,21H,10-11,13-14,30H2,(H,31,33)/t18-,21+,26+/m1/s1. The summed E-state index contributed by atoms with van der Waals surface area (Å²) < 4.78 is 0. The predicted octanol–water partition coefficient (Wildman–Crippen LogP) is 2.80. The maximum atomic E-state index is 13.8. The Labute approximate surface area is 192 Å². The molecule has 0 radical (unpaired) electrons. The highest BCUT2D eigenvalue weighted by Crippen LogP contribution is 2.62. The summed E-state index contributed by atoms with van der Waals surface area (Å²) in [4.78, 5) is 16.0. The van der Waals surface area contributed by atoms with Crippen LogP contribution in [0.4, 0.5) is 5.69 Å². The van der Waals surface area contributed by atoms with Crippen LogP contribution >= 0.6 is 0 Å². The van der Waals surface area contributed by atoms with Crippen LogP contribution in [0, 0.1) is 51.2 Å². The first-order chi connectivity index (χ1) is 16.0. The Balaban J connectivity index is 1.73. The summed E-state index contributed by atoms with van der Waals surface area (Å²) in [6.45, 7) is 1.86. The van der Waals surface area contributed by atoms with Crippen molar-refractivity contribution in [3.63, 3.8) is 0 Å². The fraction of sp³-hybridized carbons (Fsp3) is 0.308. The van der Waals surface area contributed by atoms with Gasteiger partial charge in [0.2, 0.25) is 11.3 Å². The normalized spacial score (nSPS) is 27.6. The van der Waals surface area contributed by atoms with E-state index in [1.54, 1.807) is 24.3 Å². The first kappa shape index (κ1) is 20.8. The first-order valence-corrected chi connectivity index (χ1v) is 10.9. The lowest BCUT2D eigenvalue weighted by Crippen LogP contribution is -2.65. The molecule has 7 nitrogen and oxygen atoms in total. The van der Waals surface area contributed by atoms with Gasteiger partial charge in [-0.3, -0.25) is 9.69 Å². The van der Waals surface area contributed by atoms with Crippen molar-refractivity contribution >= 4 is 11.6 Å². The van der Waals surface area contributed by atoms with Gasteiger partial charge in [-0.15, -0.1) is 0 Å². The van der Waals surface area contributed by atoms with E-state index in [9.17, 15) is 20.6 Å². The summed E-state index contributed by atoms with van der Waals surface area (Å²) in [7, 11) is 0. The Bertz CT molecular complexity index is 1280. The number of amides is 1. The molecule has 0 saturated carbocycles. The molecule has 1 spiro atoms. The third-order valence-electron chi connectivity index (χ3n) is 7.57. The molecule has 0 bridgehead atoms. The van der Waals surface area contributed by atoms with Crippen LogP contribution in [0.1, 0.15) is 17.5 Å². The number of fused-ring (bicyclic) bond motifs is 4. The number of carbonyl (C=O) groups is 1. The summed E-state index contributed by atoms with van der Waals surface area (Å²) in [6.07, 6.45) is 0.616. The van der Waals surface area contributed by atoms with Crippen LogP contribution in [0.5, 0.6) is 0 Å². The zero-order chi connectivity index (χ0) is 23.2. The van der Waals surface area contributed by atoms with Gasteiger partial charge in [-0.1, -0.05) is 48.5 Å². The van der Waals surface area contributed by atoms with E-state index in [2.05, 4.69) is 28.4 Å². The molecule has 5 rings (SSSR count). The van der Waals surface area contributed by atoms with Crippen molar-refractivity contribution in [2.45, 2.75) is 18.4 Å². The van der Waals surface area contributed by atoms with Gasteiger partial charge in [-0.2, -0.15) is 15.8 Å². The largest absolute Gasteiger partial charge is 0.399 e. The van der Waals surface area contributed by atoms with Gasteiger partial charge in [-0.05, 0) is 30.2 Å². The van der Waals surface area contributed by atoms with E-state index >= 15 is 0 Å². The number of carbonyl (C=O) groups excluding carboxylic acids is 1. The Hall–Kier alpha value is -4.12. The average Bonchev–Trinajstić information content (AvgIpc) is 3.14. The number of nitriles is 3. The van der Waals surface area contributed by atoms with Crippen LogP contribution in [0.15, 0.2) is 65.9 Å². The highest BCUT2D eigenvalue weighted by Gasteiger charge is 2.72. The van der Waals surface area contributed by atoms with Crippen LogP contribution in [-0.2, 0) is 16.8 Å². The second kappa shape index (κ2) is 7.48. The number of allylic oxidation sites excluding steroid dienone is 2. The van der Waals surface area contributed by atoms with Gasteiger partial charge in [0.05, 0.1) is 29.5 Å². The molecule has 3 aliphatic rings. The number of nitrogens with two attached hydrogens (primary N) is 1.